The van der Waals surface area contributed by atoms with Crippen LogP contribution < -0.4 is 15.0 Å². The topological polar surface area (TPSA) is 79.0 Å². The van der Waals surface area contributed by atoms with Gasteiger partial charge in [0.15, 0.2) is 0 Å². The van der Waals surface area contributed by atoms with E-state index in [1.807, 2.05) is 24.3 Å². The Morgan fingerprint density at radius 1 is 0.969 bits per heavy atom. The largest absolute Gasteiger partial charge is 0.497 e. The Labute approximate surface area is 190 Å². The van der Waals surface area contributed by atoms with Gasteiger partial charge in [0.25, 0.3) is 0 Å². The van der Waals surface area contributed by atoms with Gasteiger partial charge in [-0.25, -0.2) is 8.42 Å². The molecule has 0 spiro atoms. The third kappa shape index (κ3) is 4.91. The Morgan fingerprint density at radius 3 is 2.41 bits per heavy atom. The quantitative estimate of drug-likeness (QED) is 0.715. The third-order valence-electron chi connectivity index (χ3n) is 6.31. The molecule has 0 saturated carbocycles. The molecule has 1 amide bonds. The minimum absolute atomic E-state index is 0.121. The van der Waals surface area contributed by atoms with Crippen LogP contribution in [0.4, 0.5) is 11.4 Å². The van der Waals surface area contributed by atoms with Crippen molar-refractivity contribution in [1.82, 2.24) is 4.31 Å². The number of rotatable bonds is 6. The van der Waals surface area contributed by atoms with Crippen molar-refractivity contribution in [2.24, 2.45) is 5.92 Å². The number of sulfonamides is 1. The Balaban J connectivity index is 1.46. The van der Waals surface area contributed by atoms with E-state index in [2.05, 4.69) is 10.2 Å². The number of para-hydroxylation sites is 2. The number of amides is 1. The Hall–Kier alpha value is -2.58. The number of nitrogens with zero attached hydrogens (tertiary/aromatic N) is 2. The molecule has 4 rings (SSSR count). The number of carbonyl (C=O) groups excluding carboxylic acids is 1. The summed E-state index contributed by atoms with van der Waals surface area (Å²) in [6, 6.07) is 14.3. The first-order valence-corrected chi connectivity index (χ1v) is 12.7. The average molecular weight is 458 g/mol. The first-order chi connectivity index (χ1) is 15.5. The summed E-state index contributed by atoms with van der Waals surface area (Å²) in [4.78, 5) is 15.7. The van der Waals surface area contributed by atoms with Gasteiger partial charge in [0.2, 0.25) is 15.9 Å². The van der Waals surface area contributed by atoms with Crippen LogP contribution in [0.1, 0.15) is 32.1 Å². The standard InChI is InChI=1S/C24H31N3O4S/c1-31-20-11-13-21(14-12-20)32(29,30)27-17-7-8-19(18-27)24(28)25-22-9-3-4-10-23(22)26-15-5-2-6-16-26/h3-4,9-14,19H,2,5-8,15-18H2,1H3,(H,25,28)/t19-/m1/s1. The van der Waals surface area contributed by atoms with Crippen LogP contribution >= 0.6 is 0 Å². The summed E-state index contributed by atoms with van der Waals surface area (Å²) in [5.41, 5.74) is 1.84. The third-order valence-corrected chi connectivity index (χ3v) is 8.19. The maximum Gasteiger partial charge on any atom is 0.243 e. The molecule has 1 N–H and O–H groups in total. The van der Waals surface area contributed by atoms with Gasteiger partial charge >= 0.3 is 0 Å². The van der Waals surface area contributed by atoms with E-state index in [0.717, 1.165) is 37.3 Å². The van der Waals surface area contributed by atoms with E-state index in [4.69, 9.17) is 4.74 Å². The van der Waals surface area contributed by atoms with E-state index in [1.165, 1.54) is 10.7 Å². The SMILES string of the molecule is COc1ccc(S(=O)(=O)N2CCC[C@@H](C(=O)Nc3ccccc3N3CCCCC3)C2)cc1. The summed E-state index contributed by atoms with van der Waals surface area (Å²) in [6.45, 7) is 2.59. The van der Waals surface area contributed by atoms with Crippen molar-refractivity contribution in [3.63, 3.8) is 0 Å². The van der Waals surface area contributed by atoms with Crippen LogP contribution in [0.2, 0.25) is 0 Å². The van der Waals surface area contributed by atoms with Gasteiger partial charge in [0.05, 0.1) is 29.3 Å². The van der Waals surface area contributed by atoms with Gasteiger partial charge in [0.1, 0.15) is 5.75 Å². The molecule has 0 bridgehead atoms. The average Bonchev–Trinajstić information content (AvgIpc) is 2.85. The van der Waals surface area contributed by atoms with Crippen molar-refractivity contribution < 1.29 is 17.9 Å². The van der Waals surface area contributed by atoms with E-state index in [1.54, 1.807) is 31.4 Å². The highest BCUT2D eigenvalue weighted by Crippen LogP contribution is 2.30. The molecule has 32 heavy (non-hydrogen) atoms. The molecule has 2 aliphatic heterocycles. The summed E-state index contributed by atoms with van der Waals surface area (Å²) >= 11 is 0. The minimum Gasteiger partial charge on any atom is -0.497 e. The van der Waals surface area contributed by atoms with Gasteiger partial charge in [0, 0.05) is 26.2 Å². The monoisotopic (exact) mass is 457 g/mol. The summed E-state index contributed by atoms with van der Waals surface area (Å²) in [5, 5.41) is 3.09. The van der Waals surface area contributed by atoms with Crippen molar-refractivity contribution in [3.8, 4) is 5.75 Å². The Bertz CT molecular complexity index is 1030. The zero-order valence-corrected chi connectivity index (χ0v) is 19.3. The second kappa shape index (κ2) is 9.92. The van der Waals surface area contributed by atoms with Crippen molar-refractivity contribution in [3.05, 3.63) is 48.5 Å². The number of anilines is 2. The molecule has 8 heteroatoms. The van der Waals surface area contributed by atoms with Crippen LogP contribution in [0.5, 0.6) is 5.75 Å². The van der Waals surface area contributed by atoms with E-state index in [0.29, 0.717) is 25.1 Å². The highest BCUT2D eigenvalue weighted by atomic mass is 32.2. The maximum absolute atomic E-state index is 13.1. The summed E-state index contributed by atoms with van der Waals surface area (Å²) < 4.78 is 32.8. The molecule has 2 aliphatic rings. The van der Waals surface area contributed by atoms with Crippen LogP contribution in [0, 0.1) is 5.92 Å². The molecule has 2 aromatic rings. The second-order valence-electron chi connectivity index (χ2n) is 8.43. The number of nitrogens with one attached hydrogen (secondary N) is 1. The van der Waals surface area contributed by atoms with Gasteiger partial charge < -0.3 is 15.0 Å². The number of benzene rings is 2. The van der Waals surface area contributed by atoms with Crippen molar-refractivity contribution in [2.45, 2.75) is 37.0 Å². The van der Waals surface area contributed by atoms with Crippen LogP contribution in [0.15, 0.2) is 53.4 Å². The Kier molecular flexibility index (Phi) is 7.01. The normalized spacial score (nSPS) is 20.0. The zero-order chi connectivity index (χ0) is 22.6. The molecule has 0 aliphatic carbocycles. The number of hydrogen-bond acceptors (Lipinski definition) is 5. The molecule has 0 aromatic heterocycles. The maximum atomic E-state index is 13.1. The van der Waals surface area contributed by atoms with Gasteiger partial charge in [-0.1, -0.05) is 12.1 Å². The molecule has 2 fully saturated rings. The lowest BCUT2D eigenvalue weighted by molar-refractivity contribution is -0.120. The molecular weight excluding hydrogens is 426 g/mol. The lowest BCUT2D eigenvalue weighted by atomic mass is 9.98. The molecule has 2 heterocycles. The molecule has 1 atom stereocenters. The zero-order valence-electron chi connectivity index (χ0n) is 18.5. The summed E-state index contributed by atoms with van der Waals surface area (Å²) in [7, 11) is -2.12. The first kappa shape index (κ1) is 22.6. The summed E-state index contributed by atoms with van der Waals surface area (Å²) in [6.07, 6.45) is 4.88. The molecule has 7 nitrogen and oxygen atoms in total. The lowest BCUT2D eigenvalue weighted by Crippen LogP contribution is -2.43. The van der Waals surface area contributed by atoms with Gasteiger partial charge in [-0.05, 0) is 68.5 Å². The predicted octanol–water partition coefficient (Wildman–Crippen LogP) is 3.72. The van der Waals surface area contributed by atoms with Crippen LogP contribution in [-0.4, -0.2) is 51.9 Å². The van der Waals surface area contributed by atoms with Crippen molar-refractivity contribution >= 4 is 27.3 Å². The molecule has 0 unspecified atom stereocenters. The van der Waals surface area contributed by atoms with Crippen LogP contribution in [-0.2, 0) is 14.8 Å². The fourth-order valence-corrected chi connectivity index (χ4v) is 6.02. The highest BCUT2D eigenvalue weighted by molar-refractivity contribution is 7.89. The molecule has 2 saturated heterocycles. The van der Waals surface area contributed by atoms with E-state index >= 15 is 0 Å². The van der Waals surface area contributed by atoms with E-state index < -0.39 is 10.0 Å². The van der Waals surface area contributed by atoms with E-state index in [9.17, 15) is 13.2 Å². The van der Waals surface area contributed by atoms with Gasteiger partial charge in [-0.2, -0.15) is 4.31 Å². The molecular formula is C24H31N3O4S. The molecule has 0 radical (unpaired) electrons. The van der Waals surface area contributed by atoms with E-state index in [-0.39, 0.29) is 23.3 Å². The predicted molar refractivity (Wildman–Crippen MR) is 126 cm³/mol. The van der Waals surface area contributed by atoms with Crippen molar-refractivity contribution in [1.29, 1.82) is 0 Å². The van der Waals surface area contributed by atoms with Crippen molar-refractivity contribution in [2.75, 3.05) is 43.5 Å². The first-order valence-electron chi connectivity index (χ1n) is 11.3. The number of piperidine rings is 2. The van der Waals surface area contributed by atoms with Crippen LogP contribution in [0.25, 0.3) is 0 Å². The number of hydrogen-bond donors (Lipinski definition) is 1. The minimum atomic E-state index is -3.66. The smallest absolute Gasteiger partial charge is 0.243 e. The lowest BCUT2D eigenvalue weighted by Gasteiger charge is -2.33. The molecule has 172 valence electrons. The summed E-state index contributed by atoms with van der Waals surface area (Å²) in [5.74, 6) is 0.0995. The number of methoxy groups -OCH3 is 1. The fourth-order valence-electron chi connectivity index (χ4n) is 4.50. The fraction of sp³-hybridized carbons (Fsp3) is 0.458. The van der Waals surface area contributed by atoms with Crippen LogP contribution in [0.3, 0.4) is 0 Å². The molecule has 2 aromatic carbocycles. The van der Waals surface area contributed by atoms with Gasteiger partial charge in [-0.15, -0.1) is 0 Å². The Morgan fingerprint density at radius 2 is 1.69 bits per heavy atom. The highest BCUT2D eigenvalue weighted by Gasteiger charge is 2.33. The number of ether oxygens (including phenoxy) is 1. The number of carbonyl (C=O) groups is 1. The van der Waals surface area contributed by atoms with Gasteiger partial charge in [-0.3, -0.25) is 4.79 Å². The second-order valence-corrected chi connectivity index (χ2v) is 10.4.